The van der Waals surface area contributed by atoms with Crippen LogP contribution in [0, 0.1) is 0 Å². The van der Waals surface area contributed by atoms with Crippen molar-refractivity contribution in [2.75, 3.05) is 0 Å². The van der Waals surface area contributed by atoms with Crippen LogP contribution in [0.15, 0.2) is 0 Å². The predicted molar refractivity (Wildman–Crippen MR) is 195 cm³/mol. The number of rotatable bonds is 18. The maximum absolute atomic E-state index is 6.89. The van der Waals surface area contributed by atoms with Gasteiger partial charge in [-0.3, -0.25) is 0 Å². The highest BCUT2D eigenvalue weighted by molar-refractivity contribution is 7.15. The molecular weight excluding hydrogens is 717 g/mol. The van der Waals surface area contributed by atoms with Crippen LogP contribution in [-0.4, -0.2) is 20.4 Å². The van der Waals surface area contributed by atoms with Crippen LogP contribution in [0.25, 0.3) is 31.9 Å². The van der Waals surface area contributed by atoms with E-state index in [0.717, 1.165) is 35.7 Å². The summed E-state index contributed by atoms with van der Waals surface area (Å²) in [5.41, 5.74) is 1.08. The topological polar surface area (TPSA) is 51.6 Å². The lowest BCUT2D eigenvalue weighted by molar-refractivity contribution is 0.588. The normalized spacial score (nSPS) is 11.7. The fourth-order valence-electron chi connectivity index (χ4n) is 5.32. The van der Waals surface area contributed by atoms with E-state index < -0.39 is 0 Å². The van der Waals surface area contributed by atoms with E-state index in [4.69, 9.17) is 69.6 Å². The largest absolute Gasteiger partial charge is 0.150 e. The van der Waals surface area contributed by atoms with Crippen molar-refractivity contribution < 1.29 is 0 Å². The summed E-state index contributed by atoms with van der Waals surface area (Å²) < 4.78 is 0. The average molecular weight is 756 g/mol. The van der Waals surface area contributed by atoms with Crippen LogP contribution in [-0.2, 0) is 12.8 Å². The summed E-state index contributed by atoms with van der Waals surface area (Å²) in [7, 11) is 0. The monoisotopic (exact) mass is 752 g/mol. The number of aryl methyl sites for hydroxylation is 2. The van der Waals surface area contributed by atoms with E-state index >= 15 is 0 Å². The minimum Gasteiger partial charge on any atom is -0.143 e. The fraction of sp³-hybridized carbons (Fsp3) is 0.562. The molecule has 0 saturated carbocycles. The summed E-state index contributed by atoms with van der Waals surface area (Å²) in [4.78, 5) is 0. The van der Waals surface area contributed by atoms with Crippen LogP contribution in [0.4, 0.5) is 0 Å². The first-order valence-corrected chi connectivity index (χ1v) is 19.5. The quantitative estimate of drug-likeness (QED) is 0.0750. The van der Waals surface area contributed by atoms with Crippen molar-refractivity contribution in [1.82, 2.24) is 20.4 Å². The summed E-state index contributed by atoms with van der Waals surface area (Å²) in [6, 6.07) is 0. The van der Waals surface area contributed by atoms with Gasteiger partial charge >= 0.3 is 0 Å². The molecule has 0 radical (unpaired) electrons. The number of benzene rings is 2. The van der Waals surface area contributed by atoms with Gasteiger partial charge < -0.3 is 0 Å². The Morgan fingerprint density at radius 1 is 0.409 bits per heavy atom. The third kappa shape index (κ3) is 8.92. The molecule has 4 nitrogen and oxygen atoms in total. The minimum atomic E-state index is 0.184. The van der Waals surface area contributed by atoms with Crippen molar-refractivity contribution in [3.63, 3.8) is 0 Å². The molecule has 2 aromatic carbocycles. The maximum atomic E-state index is 6.89. The highest BCUT2D eigenvalue weighted by atomic mass is 35.5. The molecule has 0 bridgehead atoms. The van der Waals surface area contributed by atoms with Gasteiger partial charge in [-0.2, -0.15) is 0 Å². The molecular formula is C32H38Cl6N4S2. The van der Waals surface area contributed by atoms with E-state index in [1.165, 1.54) is 99.7 Å². The molecule has 2 heterocycles. The van der Waals surface area contributed by atoms with Gasteiger partial charge in [0.15, 0.2) is 0 Å². The molecule has 4 aromatic rings. The average Bonchev–Trinajstić information content (AvgIpc) is 3.68. The van der Waals surface area contributed by atoms with E-state index in [-0.39, 0.29) is 30.1 Å². The molecule has 0 atom stereocenters. The molecule has 0 fully saturated rings. The third-order valence-electron chi connectivity index (χ3n) is 7.75. The van der Waals surface area contributed by atoms with Gasteiger partial charge in [-0.1, -0.05) is 183 Å². The predicted octanol–water partition coefficient (Wildman–Crippen LogP) is 14.4. The van der Waals surface area contributed by atoms with Crippen molar-refractivity contribution in [3.8, 4) is 21.1 Å². The summed E-state index contributed by atoms with van der Waals surface area (Å²) >= 11 is 43.9. The second kappa shape index (κ2) is 18.2. The Hall–Kier alpha value is -0.440. The lowest BCUT2D eigenvalue weighted by Gasteiger charge is -2.17. The van der Waals surface area contributed by atoms with Crippen LogP contribution in [0.5, 0.6) is 0 Å². The van der Waals surface area contributed by atoms with Gasteiger partial charge in [0.2, 0.25) is 0 Å². The van der Waals surface area contributed by atoms with Gasteiger partial charge in [0.05, 0.1) is 30.1 Å². The zero-order valence-electron chi connectivity index (χ0n) is 25.2. The number of hydrogen-bond acceptors (Lipinski definition) is 6. The van der Waals surface area contributed by atoms with Gasteiger partial charge in [0.1, 0.15) is 20.0 Å². The van der Waals surface area contributed by atoms with Gasteiger partial charge in [-0.25, -0.2) is 0 Å². The van der Waals surface area contributed by atoms with E-state index in [9.17, 15) is 0 Å². The number of aromatic nitrogens is 4. The van der Waals surface area contributed by atoms with E-state index in [0.29, 0.717) is 31.9 Å². The first-order valence-electron chi connectivity index (χ1n) is 15.6. The molecule has 0 aliphatic heterocycles. The SMILES string of the molecule is CCCCCCCCCc1nnc(-c2c(Cl)c(Cl)c(Cl)c3c(-c4nnc(CCCCCCCCC)s4)c(Cl)c(Cl)c(Cl)c23)s1. The van der Waals surface area contributed by atoms with Crippen LogP contribution in [0.3, 0.4) is 0 Å². The van der Waals surface area contributed by atoms with Crippen molar-refractivity contribution >= 4 is 103 Å². The number of halogens is 6. The van der Waals surface area contributed by atoms with Gasteiger partial charge in [-0.05, 0) is 12.8 Å². The highest BCUT2D eigenvalue weighted by Gasteiger charge is 2.29. The van der Waals surface area contributed by atoms with Gasteiger partial charge in [0.25, 0.3) is 0 Å². The first kappa shape index (κ1) is 36.4. The summed E-state index contributed by atoms with van der Waals surface area (Å²) in [6.07, 6.45) is 18.9. The second-order valence-corrected chi connectivity index (χ2v) is 15.5. The Labute approximate surface area is 299 Å². The Morgan fingerprint density at radius 3 is 1.11 bits per heavy atom. The number of fused-ring (bicyclic) bond motifs is 1. The Kier molecular flexibility index (Phi) is 15.1. The van der Waals surface area contributed by atoms with E-state index in [1.807, 2.05) is 0 Å². The van der Waals surface area contributed by atoms with Crippen molar-refractivity contribution in [1.29, 1.82) is 0 Å². The molecule has 0 N–H and O–H groups in total. The van der Waals surface area contributed by atoms with Crippen molar-refractivity contribution in [2.45, 2.75) is 117 Å². The zero-order valence-corrected chi connectivity index (χ0v) is 31.4. The fourth-order valence-corrected chi connectivity index (χ4v) is 8.91. The molecule has 2 aromatic heterocycles. The Morgan fingerprint density at radius 2 is 0.750 bits per heavy atom. The molecule has 0 unspecified atom stereocenters. The summed E-state index contributed by atoms with van der Waals surface area (Å²) in [5.74, 6) is 0. The molecule has 4 rings (SSSR count). The Balaban J connectivity index is 1.63. The molecule has 0 amide bonds. The van der Waals surface area contributed by atoms with Crippen LogP contribution >= 0.6 is 92.3 Å². The zero-order chi connectivity index (χ0) is 31.6. The molecule has 0 aliphatic rings. The number of nitrogens with zero attached hydrogens (tertiary/aromatic N) is 4. The molecule has 0 spiro atoms. The third-order valence-corrected chi connectivity index (χ3v) is 12.4. The van der Waals surface area contributed by atoms with Crippen LogP contribution < -0.4 is 0 Å². The van der Waals surface area contributed by atoms with Gasteiger partial charge in [0, 0.05) is 34.7 Å². The van der Waals surface area contributed by atoms with Gasteiger partial charge in [-0.15, -0.1) is 20.4 Å². The minimum absolute atomic E-state index is 0.184. The number of hydrogen-bond donors (Lipinski definition) is 0. The summed E-state index contributed by atoms with van der Waals surface area (Å²) in [5, 5.41) is 23.3. The molecule has 240 valence electrons. The van der Waals surface area contributed by atoms with Crippen LogP contribution in [0.2, 0.25) is 30.1 Å². The lowest BCUT2D eigenvalue weighted by atomic mass is 9.99. The van der Waals surface area contributed by atoms with Crippen molar-refractivity contribution in [2.24, 2.45) is 0 Å². The molecule has 12 heteroatoms. The highest BCUT2D eigenvalue weighted by Crippen LogP contribution is 2.55. The second-order valence-electron chi connectivity index (χ2n) is 11.1. The van der Waals surface area contributed by atoms with Crippen LogP contribution in [0.1, 0.15) is 114 Å². The Bertz CT molecular complexity index is 1420. The lowest BCUT2D eigenvalue weighted by Crippen LogP contribution is -1.93. The summed E-state index contributed by atoms with van der Waals surface area (Å²) in [6.45, 7) is 4.47. The number of unbranched alkanes of at least 4 members (excludes halogenated alkanes) is 12. The molecule has 44 heavy (non-hydrogen) atoms. The van der Waals surface area contributed by atoms with E-state index in [1.54, 1.807) is 0 Å². The molecule has 0 saturated heterocycles. The molecule has 0 aliphatic carbocycles. The smallest absolute Gasteiger partial charge is 0.143 e. The standard InChI is InChI=1S/C32H38Cl6N4S2/c1-3-5-7-9-11-13-15-17-19-39-41-31(43-19)23-21-22(26(34)29(37)27(23)35)24(28(36)30(38)25(21)33)32-42-40-20(44-32)18-16-14-12-10-8-6-4-2/h3-18H2,1-2H3. The first-order chi connectivity index (χ1) is 21.3. The maximum Gasteiger partial charge on any atom is 0.150 e. The van der Waals surface area contributed by atoms with E-state index in [2.05, 4.69) is 34.2 Å². The van der Waals surface area contributed by atoms with Crippen molar-refractivity contribution in [3.05, 3.63) is 40.2 Å².